The van der Waals surface area contributed by atoms with E-state index in [1.54, 1.807) is 19.1 Å². The van der Waals surface area contributed by atoms with Gasteiger partial charge in [-0.05, 0) is 37.0 Å². The third-order valence-corrected chi connectivity index (χ3v) is 4.39. The molecule has 1 aliphatic heterocycles. The highest BCUT2D eigenvalue weighted by atomic mass is 16.5. The van der Waals surface area contributed by atoms with Crippen LogP contribution in [0.25, 0.3) is 0 Å². The minimum atomic E-state index is -1.03. The zero-order valence-corrected chi connectivity index (χ0v) is 15.3. The Morgan fingerprint density at radius 1 is 1.20 bits per heavy atom. The van der Waals surface area contributed by atoms with Crippen LogP contribution in [0.15, 0.2) is 18.2 Å². The molecule has 1 aliphatic rings. The Balaban J connectivity index is 2.31. The number of carbonyl (C=O) groups is 3. The molecule has 0 spiro atoms. The molecule has 25 heavy (non-hydrogen) atoms. The maximum absolute atomic E-state index is 12.7. The van der Waals surface area contributed by atoms with Crippen molar-refractivity contribution in [1.82, 2.24) is 4.90 Å². The van der Waals surface area contributed by atoms with Crippen LogP contribution in [0.1, 0.15) is 60.9 Å². The molecule has 1 N–H and O–H groups in total. The fraction of sp³-hybridized carbons (Fsp3) is 0.526. The highest BCUT2D eigenvalue weighted by Crippen LogP contribution is 2.30. The van der Waals surface area contributed by atoms with Crippen LogP contribution in [0.3, 0.4) is 0 Å². The highest BCUT2D eigenvalue weighted by Gasteiger charge is 2.40. The van der Waals surface area contributed by atoms with Gasteiger partial charge in [-0.3, -0.25) is 19.3 Å². The third kappa shape index (κ3) is 3.74. The molecular weight excluding hydrogens is 322 g/mol. The van der Waals surface area contributed by atoms with E-state index >= 15 is 0 Å². The molecule has 1 aromatic rings. The molecule has 2 rings (SSSR count). The standard InChI is InChI=1S/C19H25NO5/c1-6-25-18(24)15(11(2)21)10-20-16(22)13-8-7-12(19(3,4)5)9-14(13)17(20)23/h7-9,11,15,21H,6,10H2,1-5H3/t11-,15-/m1/s1. The molecule has 6 nitrogen and oxygen atoms in total. The number of nitrogens with zero attached hydrogens (tertiary/aromatic N) is 1. The Morgan fingerprint density at radius 3 is 2.32 bits per heavy atom. The van der Waals surface area contributed by atoms with Crippen LogP contribution < -0.4 is 0 Å². The van der Waals surface area contributed by atoms with E-state index in [2.05, 4.69) is 0 Å². The second kappa shape index (κ2) is 6.96. The summed E-state index contributed by atoms with van der Waals surface area (Å²) in [6, 6.07) is 5.22. The molecule has 2 atom stereocenters. The number of fused-ring (bicyclic) bond motifs is 1. The average Bonchev–Trinajstić information content (AvgIpc) is 2.75. The fourth-order valence-corrected chi connectivity index (χ4v) is 2.79. The fourth-order valence-electron chi connectivity index (χ4n) is 2.79. The lowest BCUT2D eigenvalue weighted by Crippen LogP contribution is -2.42. The summed E-state index contributed by atoms with van der Waals surface area (Å²) in [4.78, 5) is 38.3. The predicted molar refractivity (Wildman–Crippen MR) is 92.3 cm³/mol. The van der Waals surface area contributed by atoms with Crippen molar-refractivity contribution in [1.29, 1.82) is 0 Å². The van der Waals surface area contributed by atoms with Gasteiger partial charge in [0.15, 0.2) is 0 Å². The Kier molecular flexibility index (Phi) is 5.32. The molecule has 2 amide bonds. The van der Waals surface area contributed by atoms with E-state index in [4.69, 9.17) is 4.74 Å². The number of hydrogen-bond acceptors (Lipinski definition) is 5. The quantitative estimate of drug-likeness (QED) is 0.652. The number of imide groups is 1. The van der Waals surface area contributed by atoms with Crippen LogP contribution in [-0.4, -0.2) is 47.0 Å². The molecule has 0 fully saturated rings. The number of hydrogen-bond donors (Lipinski definition) is 1. The Labute approximate surface area is 147 Å². The van der Waals surface area contributed by atoms with Gasteiger partial charge < -0.3 is 9.84 Å². The molecular formula is C19H25NO5. The molecule has 136 valence electrons. The van der Waals surface area contributed by atoms with Crippen LogP contribution in [-0.2, 0) is 14.9 Å². The summed E-state index contributed by atoms with van der Waals surface area (Å²) in [6.07, 6.45) is -1.03. The highest BCUT2D eigenvalue weighted by molar-refractivity contribution is 6.21. The molecule has 0 aliphatic carbocycles. The van der Waals surface area contributed by atoms with E-state index in [0.29, 0.717) is 11.1 Å². The SMILES string of the molecule is CCOC(=O)[C@H](CN1C(=O)c2ccc(C(C)(C)C)cc2C1=O)[C@@H](C)O. The largest absolute Gasteiger partial charge is 0.466 e. The summed E-state index contributed by atoms with van der Waals surface area (Å²) in [5.74, 6) is -2.48. The van der Waals surface area contributed by atoms with Gasteiger partial charge in [0, 0.05) is 6.54 Å². The third-order valence-electron chi connectivity index (χ3n) is 4.39. The molecule has 6 heteroatoms. The van der Waals surface area contributed by atoms with E-state index in [9.17, 15) is 19.5 Å². The molecule has 1 heterocycles. The number of esters is 1. The number of amides is 2. The van der Waals surface area contributed by atoms with Crippen LogP contribution in [0, 0.1) is 5.92 Å². The van der Waals surface area contributed by atoms with Crippen molar-refractivity contribution in [2.75, 3.05) is 13.2 Å². The van der Waals surface area contributed by atoms with Crippen molar-refractivity contribution in [2.45, 2.75) is 46.1 Å². The summed E-state index contributed by atoms with van der Waals surface area (Å²) in [6.45, 7) is 9.14. The molecule has 0 bridgehead atoms. The van der Waals surface area contributed by atoms with Gasteiger partial charge in [-0.25, -0.2) is 0 Å². The first-order valence-corrected chi connectivity index (χ1v) is 8.43. The van der Waals surface area contributed by atoms with Gasteiger partial charge in [0.25, 0.3) is 11.8 Å². The summed E-state index contributed by atoms with van der Waals surface area (Å²) in [5, 5.41) is 9.86. The van der Waals surface area contributed by atoms with Crippen LogP contribution in [0.2, 0.25) is 0 Å². The van der Waals surface area contributed by atoms with Crippen LogP contribution >= 0.6 is 0 Å². The second-order valence-electron chi connectivity index (χ2n) is 7.33. The normalized spacial score (nSPS) is 16.6. The average molecular weight is 347 g/mol. The molecule has 1 aromatic carbocycles. The first-order valence-electron chi connectivity index (χ1n) is 8.43. The minimum absolute atomic E-state index is 0.154. The van der Waals surface area contributed by atoms with Gasteiger partial charge in [-0.1, -0.05) is 26.8 Å². The number of carbonyl (C=O) groups excluding carboxylic acids is 3. The number of aliphatic hydroxyl groups is 1. The lowest BCUT2D eigenvalue weighted by atomic mass is 9.85. The maximum atomic E-state index is 12.7. The van der Waals surface area contributed by atoms with E-state index in [0.717, 1.165) is 10.5 Å². The van der Waals surface area contributed by atoms with Crippen molar-refractivity contribution in [3.63, 3.8) is 0 Å². The van der Waals surface area contributed by atoms with Crippen molar-refractivity contribution in [2.24, 2.45) is 5.92 Å². The lowest BCUT2D eigenvalue weighted by Gasteiger charge is -2.23. The number of ether oxygens (including phenoxy) is 1. The van der Waals surface area contributed by atoms with Crippen molar-refractivity contribution in [3.8, 4) is 0 Å². The van der Waals surface area contributed by atoms with Gasteiger partial charge in [0.1, 0.15) is 5.92 Å². The summed E-state index contributed by atoms with van der Waals surface area (Å²) >= 11 is 0. The van der Waals surface area contributed by atoms with Crippen molar-refractivity contribution < 1.29 is 24.2 Å². The van der Waals surface area contributed by atoms with Crippen LogP contribution in [0.4, 0.5) is 0 Å². The van der Waals surface area contributed by atoms with Gasteiger partial charge in [-0.15, -0.1) is 0 Å². The van der Waals surface area contributed by atoms with Crippen molar-refractivity contribution in [3.05, 3.63) is 34.9 Å². The van der Waals surface area contributed by atoms with E-state index in [1.807, 2.05) is 26.8 Å². The van der Waals surface area contributed by atoms with Gasteiger partial charge in [0.2, 0.25) is 0 Å². The lowest BCUT2D eigenvalue weighted by molar-refractivity contribution is -0.151. The molecule has 0 radical (unpaired) electrons. The maximum Gasteiger partial charge on any atom is 0.313 e. The Morgan fingerprint density at radius 2 is 1.80 bits per heavy atom. The summed E-state index contributed by atoms with van der Waals surface area (Å²) in [7, 11) is 0. The zero-order valence-electron chi connectivity index (χ0n) is 15.3. The van der Waals surface area contributed by atoms with Gasteiger partial charge >= 0.3 is 5.97 Å². The molecule has 0 saturated heterocycles. The summed E-state index contributed by atoms with van der Waals surface area (Å²) < 4.78 is 4.94. The topological polar surface area (TPSA) is 83.9 Å². The van der Waals surface area contributed by atoms with Gasteiger partial charge in [0.05, 0.1) is 23.8 Å². The Bertz CT molecular complexity index is 702. The number of benzene rings is 1. The first-order chi connectivity index (χ1) is 11.6. The zero-order chi connectivity index (χ0) is 18.9. The smallest absolute Gasteiger partial charge is 0.313 e. The molecule has 0 unspecified atom stereocenters. The van der Waals surface area contributed by atoms with Gasteiger partial charge in [-0.2, -0.15) is 0 Å². The predicted octanol–water partition coefficient (Wildman–Crippen LogP) is 2.14. The minimum Gasteiger partial charge on any atom is -0.466 e. The van der Waals surface area contributed by atoms with Crippen molar-refractivity contribution >= 4 is 17.8 Å². The summed E-state index contributed by atoms with van der Waals surface area (Å²) in [5.41, 5.74) is 1.46. The number of rotatable bonds is 5. The Hall–Kier alpha value is -2.21. The molecule has 0 aromatic heterocycles. The van der Waals surface area contributed by atoms with E-state index in [1.165, 1.54) is 6.92 Å². The first kappa shape index (κ1) is 19.1. The second-order valence-corrected chi connectivity index (χ2v) is 7.33. The molecule has 0 saturated carbocycles. The van der Waals surface area contributed by atoms with E-state index < -0.39 is 29.8 Å². The van der Waals surface area contributed by atoms with Crippen LogP contribution in [0.5, 0.6) is 0 Å². The number of aliphatic hydroxyl groups excluding tert-OH is 1. The monoisotopic (exact) mass is 347 g/mol. The van der Waals surface area contributed by atoms with E-state index in [-0.39, 0.29) is 18.6 Å².